The molecular formula is C17H15N3O3S. The van der Waals surface area contributed by atoms with E-state index in [2.05, 4.69) is 5.32 Å². The van der Waals surface area contributed by atoms with Crippen LogP contribution < -0.4 is 15.0 Å². The zero-order valence-electron chi connectivity index (χ0n) is 13.1. The minimum Gasteiger partial charge on any atom is -0.495 e. The highest BCUT2D eigenvalue weighted by atomic mass is 32.1. The largest absolute Gasteiger partial charge is 0.495 e. The van der Waals surface area contributed by atoms with Gasteiger partial charge in [-0.3, -0.25) is 14.9 Å². The number of benzene rings is 1. The number of thiocarbonyl (C=S) groups is 1. The van der Waals surface area contributed by atoms with Gasteiger partial charge >= 0.3 is 0 Å². The van der Waals surface area contributed by atoms with Crippen molar-refractivity contribution in [3.05, 3.63) is 53.9 Å². The van der Waals surface area contributed by atoms with Crippen LogP contribution in [0.1, 0.15) is 5.69 Å². The van der Waals surface area contributed by atoms with Crippen molar-refractivity contribution in [1.82, 2.24) is 9.88 Å². The average molecular weight is 341 g/mol. The Labute approximate surface area is 144 Å². The van der Waals surface area contributed by atoms with E-state index < -0.39 is 11.8 Å². The predicted octanol–water partition coefficient (Wildman–Crippen LogP) is 1.86. The van der Waals surface area contributed by atoms with E-state index in [4.69, 9.17) is 17.0 Å². The van der Waals surface area contributed by atoms with Gasteiger partial charge in [0.1, 0.15) is 11.3 Å². The van der Waals surface area contributed by atoms with Crippen LogP contribution in [0.3, 0.4) is 0 Å². The summed E-state index contributed by atoms with van der Waals surface area (Å²) in [5, 5.41) is 2.58. The Bertz CT molecular complexity index is 869. The Hall–Kier alpha value is -2.93. The molecule has 1 fully saturated rings. The van der Waals surface area contributed by atoms with Gasteiger partial charge in [0.2, 0.25) is 0 Å². The van der Waals surface area contributed by atoms with Crippen molar-refractivity contribution < 1.29 is 14.3 Å². The number of aryl methyl sites for hydroxylation is 1. The van der Waals surface area contributed by atoms with Crippen LogP contribution >= 0.6 is 12.2 Å². The zero-order valence-corrected chi connectivity index (χ0v) is 14.0. The minimum absolute atomic E-state index is 0.0105. The molecule has 1 saturated heterocycles. The predicted molar refractivity (Wildman–Crippen MR) is 94.6 cm³/mol. The average Bonchev–Trinajstić information content (AvgIpc) is 2.96. The Morgan fingerprint density at radius 2 is 1.92 bits per heavy atom. The van der Waals surface area contributed by atoms with E-state index >= 15 is 0 Å². The molecule has 3 rings (SSSR count). The second-order valence-electron chi connectivity index (χ2n) is 5.17. The number of hydrogen-bond acceptors (Lipinski definition) is 4. The Balaban J connectivity index is 2.07. The van der Waals surface area contributed by atoms with E-state index in [0.717, 1.165) is 5.69 Å². The number of ether oxygens (including phenoxy) is 1. The number of methoxy groups -OCH3 is 1. The summed E-state index contributed by atoms with van der Waals surface area (Å²) < 4.78 is 7.11. The topological polar surface area (TPSA) is 63.6 Å². The highest BCUT2D eigenvalue weighted by molar-refractivity contribution is 7.80. The summed E-state index contributed by atoms with van der Waals surface area (Å²) in [4.78, 5) is 26.4. The van der Waals surface area contributed by atoms with Crippen LogP contribution in [0.15, 0.2) is 48.2 Å². The molecule has 0 aliphatic carbocycles. The van der Waals surface area contributed by atoms with Gasteiger partial charge in [-0.25, -0.2) is 4.90 Å². The Morgan fingerprint density at radius 1 is 1.17 bits per heavy atom. The third-order valence-corrected chi connectivity index (χ3v) is 3.99. The molecule has 1 aromatic heterocycles. The van der Waals surface area contributed by atoms with Crippen molar-refractivity contribution in [2.75, 3.05) is 12.0 Å². The molecule has 1 aliphatic heterocycles. The van der Waals surface area contributed by atoms with Gasteiger partial charge in [-0.2, -0.15) is 0 Å². The van der Waals surface area contributed by atoms with Crippen LogP contribution in [0.4, 0.5) is 5.69 Å². The summed E-state index contributed by atoms with van der Waals surface area (Å²) in [6, 6.07) is 10.6. The lowest BCUT2D eigenvalue weighted by Crippen LogP contribution is -2.54. The first-order valence-corrected chi connectivity index (χ1v) is 7.59. The number of carbonyl (C=O) groups excluding carboxylic acids is 2. The van der Waals surface area contributed by atoms with Crippen molar-refractivity contribution in [2.45, 2.75) is 0 Å². The molecule has 2 aromatic rings. The molecule has 0 spiro atoms. The molecule has 0 unspecified atom stereocenters. The Kier molecular flexibility index (Phi) is 4.18. The van der Waals surface area contributed by atoms with Crippen LogP contribution in [0.2, 0.25) is 0 Å². The SMILES string of the molecule is COc1ccccc1N1C(=O)/C(=C\c2cccn2C)C(=O)NC1=S. The fourth-order valence-corrected chi connectivity index (χ4v) is 2.74. The van der Waals surface area contributed by atoms with Crippen molar-refractivity contribution in [3.8, 4) is 5.75 Å². The summed E-state index contributed by atoms with van der Waals surface area (Å²) in [5.41, 5.74) is 1.23. The minimum atomic E-state index is -0.516. The van der Waals surface area contributed by atoms with E-state index in [1.54, 1.807) is 30.3 Å². The van der Waals surface area contributed by atoms with Gasteiger partial charge in [0.05, 0.1) is 12.8 Å². The number of anilines is 1. The third-order valence-electron chi connectivity index (χ3n) is 3.70. The molecule has 0 bridgehead atoms. The first-order valence-electron chi connectivity index (χ1n) is 7.18. The number of amides is 2. The molecule has 7 heteroatoms. The quantitative estimate of drug-likeness (QED) is 0.526. The van der Waals surface area contributed by atoms with Gasteiger partial charge in [-0.1, -0.05) is 12.1 Å². The van der Waals surface area contributed by atoms with Gasteiger partial charge in [0, 0.05) is 18.9 Å². The molecule has 2 heterocycles. The maximum atomic E-state index is 12.9. The number of hydrogen-bond donors (Lipinski definition) is 1. The summed E-state index contributed by atoms with van der Waals surface area (Å²) >= 11 is 5.18. The molecule has 0 radical (unpaired) electrons. The second-order valence-corrected chi connectivity index (χ2v) is 5.56. The monoisotopic (exact) mass is 341 g/mol. The summed E-state index contributed by atoms with van der Waals surface area (Å²) in [6.45, 7) is 0. The fourth-order valence-electron chi connectivity index (χ4n) is 2.46. The smallest absolute Gasteiger partial charge is 0.270 e. The number of nitrogens with one attached hydrogen (secondary N) is 1. The maximum Gasteiger partial charge on any atom is 0.270 e. The molecule has 1 aromatic carbocycles. The zero-order chi connectivity index (χ0) is 17.3. The number of carbonyl (C=O) groups is 2. The van der Waals surface area contributed by atoms with Crippen molar-refractivity contribution in [1.29, 1.82) is 0 Å². The molecule has 6 nitrogen and oxygen atoms in total. The standard InChI is InChI=1S/C17H15N3O3S/c1-19-9-5-6-11(19)10-12-15(21)18-17(24)20(16(12)22)13-7-3-4-8-14(13)23-2/h3-10H,1-2H3,(H,18,21,24)/b12-10-. The molecule has 2 amide bonds. The molecule has 0 atom stereocenters. The van der Waals surface area contributed by atoms with Gasteiger partial charge in [-0.05, 0) is 42.6 Å². The molecule has 1 N–H and O–H groups in total. The lowest BCUT2D eigenvalue weighted by atomic mass is 10.1. The lowest BCUT2D eigenvalue weighted by Gasteiger charge is -2.29. The van der Waals surface area contributed by atoms with E-state index in [0.29, 0.717) is 11.4 Å². The van der Waals surface area contributed by atoms with Crippen LogP contribution in [-0.4, -0.2) is 28.6 Å². The number of rotatable bonds is 3. The van der Waals surface area contributed by atoms with Crippen LogP contribution in [0.5, 0.6) is 5.75 Å². The second kappa shape index (κ2) is 6.29. The third kappa shape index (κ3) is 2.69. The highest BCUT2D eigenvalue weighted by Gasteiger charge is 2.35. The van der Waals surface area contributed by atoms with Gasteiger partial charge < -0.3 is 9.30 Å². The van der Waals surface area contributed by atoms with Crippen LogP contribution in [-0.2, 0) is 16.6 Å². The van der Waals surface area contributed by atoms with Gasteiger partial charge in [-0.15, -0.1) is 0 Å². The van der Waals surface area contributed by atoms with Crippen molar-refractivity contribution >= 4 is 40.9 Å². The van der Waals surface area contributed by atoms with Crippen molar-refractivity contribution in [3.63, 3.8) is 0 Å². The molecule has 1 aliphatic rings. The maximum absolute atomic E-state index is 12.9. The van der Waals surface area contributed by atoms with Gasteiger partial charge in [0.25, 0.3) is 11.8 Å². The van der Waals surface area contributed by atoms with E-state index in [9.17, 15) is 9.59 Å². The normalized spacial score (nSPS) is 16.5. The lowest BCUT2D eigenvalue weighted by molar-refractivity contribution is -0.122. The summed E-state index contributed by atoms with van der Waals surface area (Å²) in [5.74, 6) is -0.519. The van der Waals surface area contributed by atoms with Crippen molar-refractivity contribution in [2.24, 2.45) is 7.05 Å². The summed E-state index contributed by atoms with van der Waals surface area (Å²) in [7, 11) is 3.34. The first kappa shape index (κ1) is 15.9. The van der Waals surface area contributed by atoms with Gasteiger partial charge in [0.15, 0.2) is 5.11 Å². The Morgan fingerprint density at radius 3 is 2.58 bits per heavy atom. The first-order chi connectivity index (χ1) is 11.5. The van der Waals surface area contributed by atoms with Crippen LogP contribution in [0, 0.1) is 0 Å². The molecule has 24 heavy (non-hydrogen) atoms. The van der Waals surface area contributed by atoms with E-state index in [1.807, 2.05) is 29.9 Å². The molecular weight excluding hydrogens is 326 g/mol. The molecule has 122 valence electrons. The van der Waals surface area contributed by atoms with Crippen LogP contribution in [0.25, 0.3) is 6.08 Å². The number of para-hydroxylation sites is 2. The molecule has 0 saturated carbocycles. The highest BCUT2D eigenvalue weighted by Crippen LogP contribution is 2.30. The fraction of sp³-hybridized carbons (Fsp3) is 0.118. The summed E-state index contributed by atoms with van der Waals surface area (Å²) in [6.07, 6.45) is 3.38. The van der Waals surface area contributed by atoms with E-state index in [-0.39, 0.29) is 10.7 Å². The number of nitrogens with zero attached hydrogens (tertiary/aromatic N) is 2. The number of aromatic nitrogens is 1. The van der Waals surface area contributed by atoms with E-state index in [1.165, 1.54) is 12.0 Å².